The monoisotopic (exact) mass is 379 g/mol. The molecule has 1 heterocycles. The number of benzene rings is 1. The largest absolute Gasteiger partial charge is 0.493 e. The van der Waals surface area contributed by atoms with Gasteiger partial charge in [0, 0.05) is 6.54 Å². The van der Waals surface area contributed by atoms with E-state index in [2.05, 4.69) is 15.5 Å². The first-order valence-corrected chi connectivity index (χ1v) is 8.76. The van der Waals surface area contributed by atoms with Gasteiger partial charge in [-0.15, -0.1) is 10.2 Å². The molecule has 3 N–H and O–H groups in total. The van der Waals surface area contributed by atoms with Gasteiger partial charge in [0.2, 0.25) is 11.1 Å². The van der Waals surface area contributed by atoms with Gasteiger partial charge < -0.3 is 20.6 Å². The minimum absolute atomic E-state index is 0.0836. The van der Waals surface area contributed by atoms with E-state index in [1.54, 1.807) is 14.2 Å². The number of rotatable bonds is 8. The molecule has 10 heteroatoms. The molecular weight excluding hydrogens is 358 g/mol. The molecule has 26 heavy (non-hydrogen) atoms. The van der Waals surface area contributed by atoms with Gasteiger partial charge in [-0.1, -0.05) is 17.8 Å². The van der Waals surface area contributed by atoms with Crippen LogP contribution in [0.4, 0.5) is 0 Å². The van der Waals surface area contributed by atoms with Crippen LogP contribution in [0.1, 0.15) is 11.3 Å². The van der Waals surface area contributed by atoms with E-state index in [1.165, 1.54) is 6.92 Å². The summed E-state index contributed by atoms with van der Waals surface area (Å²) in [5.41, 5.74) is 0.781. The fraction of sp³-hybridized carbons (Fsp3) is 0.375. The Bertz CT molecular complexity index is 840. The van der Waals surface area contributed by atoms with Gasteiger partial charge in [0.1, 0.15) is 5.69 Å². The lowest BCUT2D eigenvalue weighted by atomic mass is 10.1. The summed E-state index contributed by atoms with van der Waals surface area (Å²) in [7, 11) is 3.15. The van der Waals surface area contributed by atoms with Crippen LogP contribution in [0, 0.1) is 6.92 Å². The highest BCUT2D eigenvalue weighted by Gasteiger charge is 2.10. The van der Waals surface area contributed by atoms with Crippen molar-refractivity contribution < 1.29 is 14.3 Å². The quantitative estimate of drug-likeness (QED) is 0.490. The number of thioether (sulfide) groups is 1. The van der Waals surface area contributed by atoms with E-state index in [9.17, 15) is 9.59 Å². The van der Waals surface area contributed by atoms with E-state index >= 15 is 0 Å². The van der Waals surface area contributed by atoms with Crippen molar-refractivity contribution in [3.05, 3.63) is 39.8 Å². The Balaban J connectivity index is 1.82. The highest BCUT2D eigenvalue weighted by molar-refractivity contribution is 7.99. The maximum Gasteiger partial charge on any atom is 0.294 e. The first kappa shape index (κ1) is 19.6. The Hall–Kier alpha value is -2.75. The number of nitrogen functional groups attached to an aromatic ring is 1. The van der Waals surface area contributed by atoms with Crippen molar-refractivity contribution in [2.75, 3.05) is 32.4 Å². The van der Waals surface area contributed by atoms with Crippen LogP contribution in [0.3, 0.4) is 0 Å². The van der Waals surface area contributed by atoms with Crippen molar-refractivity contribution in [1.29, 1.82) is 0 Å². The van der Waals surface area contributed by atoms with Gasteiger partial charge in [-0.05, 0) is 31.0 Å². The molecule has 1 amide bonds. The number of methoxy groups -OCH3 is 2. The summed E-state index contributed by atoms with van der Waals surface area (Å²) < 4.78 is 11.3. The van der Waals surface area contributed by atoms with Gasteiger partial charge in [-0.25, -0.2) is 0 Å². The van der Waals surface area contributed by atoms with Crippen molar-refractivity contribution in [1.82, 2.24) is 20.2 Å². The van der Waals surface area contributed by atoms with Crippen molar-refractivity contribution in [2.24, 2.45) is 0 Å². The molecule has 0 unspecified atom stereocenters. The first-order chi connectivity index (χ1) is 12.5. The summed E-state index contributed by atoms with van der Waals surface area (Å²) in [6, 6.07) is 5.61. The van der Waals surface area contributed by atoms with E-state index in [4.69, 9.17) is 15.3 Å². The van der Waals surface area contributed by atoms with E-state index in [0.29, 0.717) is 24.5 Å². The predicted octanol–water partition coefficient (Wildman–Crippen LogP) is 0.129. The van der Waals surface area contributed by atoms with Gasteiger partial charge in [0.05, 0.1) is 20.0 Å². The Kier molecular flexibility index (Phi) is 6.84. The molecule has 140 valence electrons. The van der Waals surface area contributed by atoms with Crippen LogP contribution in [0.2, 0.25) is 0 Å². The number of amides is 1. The lowest BCUT2D eigenvalue weighted by Gasteiger charge is -2.10. The summed E-state index contributed by atoms with van der Waals surface area (Å²) in [6.45, 7) is 1.98. The number of aromatic nitrogens is 3. The topological polar surface area (TPSA) is 121 Å². The van der Waals surface area contributed by atoms with Crippen LogP contribution >= 0.6 is 11.8 Å². The second kappa shape index (κ2) is 9.09. The summed E-state index contributed by atoms with van der Waals surface area (Å²) in [5.74, 6) is 6.82. The second-order valence-electron chi connectivity index (χ2n) is 5.32. The molecule has 0 spiro atoms. The molecule has 9 nitrogen and oxygen atoms in total. The van der Waals surface area contributed by atoms with Crippen molar-refractivity contribution in [3.8, 4) is 11.5 Å². The highest BCUT2D eigenvalue weighted by atomic mass is 32.2. The highest BCUT2D eigenvalue weighted by Crippen LogP contribution is 2.27. The maximum atomic E-state index is 11.9. The molecule has 0 aliphatic carbocycles. The number of hydrogen-bond acceptors (Lipinski definition) is 8. The van der Waals surface area contributed by atoms with Crippen molar-refractivity contribution in [3.63, 3.8) is 0 Å². The number of carbonyl (C=O) groups is 1. The average molecular weight is 379 g/mol. The molecule has 0 atom stereocenters. The van der Waals surface area contributed by atoms with Crippen molar-refractivity contribution >= 4 is 17.7 Å². The third kappa shape index (κ3) is 4.88. The molecule has 0 aliphatic heterocycles. The van der Waals surface area contributed by atoms with Crippen LogP contribution in [0.15, 0.2) is 28.2 Å². The molecule has 0 fully saturated rings. The standard InChI is InChI=1S/C16H21N5O4S/c1-10-15(23)21(17)16(20-19-10)26-9-14(22)18-7-6-11-4-5-12(24-2)13(8-11)25-3/h4-5,8H,6-7,9,17H2,1-3H3,(H,18,22). The normalized spacial score (nSPS) is 10.4. The Labute approximate surface area is 154 Å². The minimum atomic E-state index is -0.434. The Morgan fingerprint density at radius 1 is 1.27 bits per heavy atom. The number of hydrogen-bond donors (Lipinski definition) is 2. The van der Waals surface area contributed by atoms with Gasteiger partial charge >= 0.3 is 0 Å². The number of carbonyl (C=O) groups excluding carboxylic acids is 1. The summed E-state index contributed by atoms with van der Waals surface area (Å²) in [5, 5.41) is 10.5. The second-order valence-corrected chi connectivity index (χ2v) is 6.26. The fourth-order valence-corrected chi connectivity index (χ4v) is 2.81. The SMILES string of the molecule is COc1ccc(CCNC(=O)CSc2nnc(C)c(=O)n2N)cc1OC. The van der Waals surface area contributed by atoms with Crippen LogP contribution in [0.5, 0.6) is 11.5 Å². The van der Waals surface area contributed by atoms with Crippen LogP contribution in [0.25, 0.3) is 0 Å². The number of nitrogens with one attached hydrogen (secondary N) is 1. The molecule has 0 radical (unpaired) electrons. The zero-order valence-electron chi connectivity index (χ0n) is 14.8. The number of aryl methyl sites for hydroxylation is 1. The molecule has 1 aromatic carbocycles. The van der Waals surface area contributed by atoms with E-state index in [1.807, 2.05) is 18.2 Å². The molecule has 2 aromatic rings. The van der Waals surface area contributed by atoms with Gasteiger partial charge in [-0.2, -0.15) is 4.68 Å². The number of nitrogens with zero attached hydrogens (tertiary/aromatic N) is 3. The third-order valence-corrected chi connectivity index (χ3v) is 4.48. The number of nitrogens with two attached hydrogens (primary N) is 1. The molecule has 0 saturated heterocycles. The summed E-state index contributed by atoms with van der Waals surface area (Å²) >= 11 is 1.05. The summed E-state index contributed by atoms with van der Waals surface area (Å²) in [6.07, 6.45) is 0.642. The molecule has 0 saturated carbocycles. The van der Waals surface area contributed by atoms with Gasteiger partial charge in [-0.3, -0.25) is 9.59 Å². The third-order valence-electron chi connectivity index (χ3n) is 3.54. The molecule has 2 rings (SSSR count). The predicted molar refractivity (Wildman–Crippen MR) is 98.2 cm³/mol. The minimum Gasteiger partial charge on any atom is -0.493 e. The first-order valence-electron chi connectivity index (χ1n) is 7.78. The van der Waals surface area contributed by atoms with Crippen LogP contribution < -0.4 is 26.2 Å². The zero-order valence-corrected chi connectivity index (χ0v) is 15.6. The zero-order chi connectivity index (χ0) is 19.1. The average Bonchev–Trinajstić information content (AvgIpc) is 2.65. The lowest BCUT2D eigenvalue weighted by Crippen LogP contribution is -2.33. The Morgan fingerprint density at radius 3 is 2.69 bits per heavy atom. The van der Waals surface area contributed by atoms with Gasteiger partial charge in [0.15, 0.2) is 11.5 Å². The smallest absolute Gasteiger partial charge is 0.294 e. The maximum absolute atomic E-state index is 11.9. The molecular formula is C16H21N5O4S. The van der Waals surface area contributed by atoms with Crippen molar-refractivity contribution in [2.45, 2.75) is 18.5 Å². The van der Waals surface area contributed by atoms with Crippen LogP contribution in [-0.2, 0) is 11.2 Å². The fourth-order valence-electron chi connectivity index (χ4n) is 2.13. The van der Waals surface area contributed by atoms with E-state index < -0.39 is 5.56 Å². The lowest BCUT2D eigenvalue weighted by molar-refractivity contribution is -0.118. The molecule has 0 aliphatic rings. The summed E-state index contributed by atoms with van der Waals surface area (Å²) in [4.78, 5) is 23.6. The van der Waals surface area contributed by atoms with Gasteiger partial charge in [0.25, 0.3) is 5.56 Å². The Morgan fingerprint density at radius 2 is 2.00 bits per heavy atom. The van der Waals surface area contributed by atoms with E-state index in [-0.39, 0.29) is 22.5 Å². The molecule has 0 bridgehead atoms. The van der Waals surface area contributed by atoms with E-state index in [0.717, 1.165) is 22.0 Å². The van der Waals surface area contributed by atoms with Crippen LogP contribution in [-0.4, -0.2) is 47.3 Å². The number of ether oxygens (including phenoxy) is 2. The molecule has 1 aromatic heterocycles.